The van der Waals surface area contributed by atoms with E-state index in [1.807, 2.05) is 24.3 Å². The highest BCUT2D eigenvalue weighted by Gasteiger charge is 2.38. The molecule has 1 aromatic carbocycles. The fraction of sp³-hybridized carbons (Fsp3) is 0.667. The normalized spacial score (nSPS) is 19.2. The molecule has 2 aliphatic rings. The summed E-state index contributed by atoms with van der Waals surface area (Å²) in [5, 5.41) is 9.75. The molecule has 0 bridgehead atoms. The molecule has 31 heavy (non-hydrogen) atoms. The molecular formula is C24H40IN5O. The van der Waals surface area contributed by atoms with Gasteiger partial charge >= 0.3 is 0 Å². The van der Waals surface area contributed by atoms with Crippen molar-refractivity contribution in [3.05, 3.63) is 35.4 Å². The monoisotopic (exact) mass is 541 g/mol. The van der Waals surface area contributed by atoms with Gasteiger partial charge in [0.25, 0.3) is 5.91 Å². The molecule has 1 aliphatic heterocycles. The Kier molecular flexibility index (Phi) is 11.1. The predicted molar refractivity (Wildman–Crippen MR) is 139 cm³/mol. The summed E-state index contributed by atoms with van der Waals surface area (Å²) in [6.45, 7) is 6.92. The van der Waals surface area contributed by atoms with Gasteiger partial charge in [0.2, 0.25) is 0 Å². The van der Waals surface area contributed by atoms with E-state index in [0.717, 1.165) is 24.6 Å². The number of aliphatic imine (C=N–C) groups is 1. The van der Waals surface area contributed by atoms with Crippen molar-refractivity contribution in [3.63, 3.8) is 0 Å². The van der Waals surface area contributed by atoms with Gasteiger partial charge in [-0.1, -0.05) is 37.8 Å². The van der Waals surface area contributed by atoms with Crippen LogP contribution in [0.4, 0.5) is 0 Å². The van der Waals surface area contributed by atoms with Crippen LogP contribution in [-0.4, -0.2) is 55.5 Å². The summed E-state index contributed by atoms with van der Waals surface area (Å²) in [7, 11) is 1.66. The van der Waals surface area contributed by atoms with Gasteiger partial charge in [-0.3, -0.25) is 9.69 Å². The number of carbonyl (C=O) groups is 1. The first-order valence-corrected chi connectivity index (χ1v) is 11.7. The maximum Gasteiger partial charge on any atom is 0.251 e. The zero-order chi connectivity index (χ0) is 21.2. The Balaban J connectivity index is 0.00000341. The minimum Gasteiger partial charge on any atom is -0.357 e. The van der Waals surface area contributed by atoms with Crippen LogP contribution in [0, 0.1) is 0 Å². The topological polar surface area (TPSA) is 68.8 Å². The number of likely N-dealkylation sites (tertiary alicyclic amines) is 1. The highest BCUT2D eigenvalue weighted by molar-refractivity contribution is 14.0. The van der Waals surface area contributed by atoms with Crippen LogP contribution < -0.4 is 16.0 Å². The van der Waals surface area contributed by atoms with Gasteiger partial charge in [0.05, 0.1) is 6.54 Å². The maximum absolute atomic E-state index is 11.9. The largest absolute Gasteiger partial charge is 0.357 e. The van der Waals surface area contributed by atoms with E-state index in [1.54, 1.807) is 7.05 Å². The van der Waals surface area contributed by atoms with E-state index < -0.39 is 0 Å². The first kappa shape index (κ1) is 25.9. The van der Waals surface area contributed by atoms with Crippen molar-refractivity contribution in [3.8, 4) is 0 Å². The average molecular weight is 542 g/mol. The zero-order valence-electron chi connectivity index (χ0n) is 19.2. The molecule has 6 nitrogen and oxygen atoms in total. The number of amides is 1. The van der Waals surface area contributed by atoms with Gasteiger partial charge in [-0.15, -0.1) is 24.0 Å². The van der Waals surface area contributed by atoms with Crippen LogP contribution in [0.3, 0.4) is 0 Å². The number of hydrogen-bond donors (Lipinski definition) is 3. The van der Waals surface area contributed by atoms with Crippen molar-refractivity contribution in [1.29, 1.82) is 0 Å². The van der Waals surface area contributed by atoms with Crippen molar-refractivity contribution >= 4 is 35.8 Å². The van der Waals surface area contributed by atoms with E-state index in [1.165, 1.54) is 64.5 Å². The summed E-state index contributed by atoms with van der Waals surface area (Å²) in [6.07, 6.45) is 10.6. The van der Waals surface area contributed by atoms with Crippen LogP contribution in [0.25, 0.3) is 0 Å². The van der Waals surface area contributed by atoms with Crippen molar-refractivity contribution in [2.75, 3.05) is 33.2 Å². The number of hydrogen-bond acceptors (Lipinski definition) is 3. The second kappa shape index (κ2) is 13.3. The molecule has 0 unspecified atom stereocenters. The minimum absolute atomic E-state index is 0. The lowest BCUT2D eigenvalue weighted by molar-refractivity contribution is 0.0368. The fourth-order valence-electron chi connectivity index (χ4n) is 4.90. The van der Waals surface area contributed by atoms with E-state index in [0.29, 0.717) is 12.1 Å². The van der Waals surface area contributed by atoms with Gasteiger partial charge in [0.15, 0.2) is 5.96 Å². The first-order valence-electron chi connectivity index (χ1n) is 11.7. The van der Waals surface area contributed by atoms with Gasteiger partial charge in [0, 0.05) is 31.2 Å². The molecule has 7 heteroatoms. The van der Waals surface area contributed by atoms with Gasteiger partial charge in [-0.2, -0.15) is 0 Å². The molecule has 0 radical (unpaired) electrons. The third kappa shape index (κ3) is 7.34. The van der Waals surface area contributed by atoms with Crippen LogP contribution in [-0.2, 0) is 6.54 Å². The predicted octanol–water partition coefficient (Wildman–Crippen LogP) is 3.91. The van der Waals surface area contributed by atoms with E-state index in [2.05, 4.69) is 27.8 Å². The van der Waals surface area contributed by atoms with Gasteiger partial charge in [0.1, 0.15) is 0 Å². The molecular weight excluding hydrogens is 501 g/mol. The van der Waals surface area contributed by atoms with Crippen LogP contribution >= 0.6 is 24.0 Å². The summed E-state index contributed by atoms with van der Waals surface area (Å²) in [5.41, 5.74) is 1.99. The fourth-order valence-corrected chi connectivity index (χ4v) is 4.90. The molecule has 1 saturated carbocycles. The molecule has 1 heterocycles. The molecule has 1 amide bonds. The second-order valence-electron chi connectivity index (χ2n) is 8.66. The van der Waals surface area contributed by atoms with Gasteiger partial charge < -0.3 is 16.0 Å². The van der Waals surface area contributed by atoms with Crippen molar-refractivity contribution in [2.45, 2.75) is 70.4 Å². The highest BCUT2D eigenvalue weighted by atomic mass is 127. The minimum atomic E-state index is -0.0633. The number of nitrogens with one attached hydrogen (secondary N) is 3. The smallest absolute Gasteiger partial charge is 0.251 e. The molecule has 174 valence electrons. The molecule has 2 fully saturated rings. The lowest BCUT2D eigenvalue weighted by Gasteiger charge is -2.48. The van der Waals surface area contributed by atoms with Crippen LogP contribution in [0.5, 0.6) is 0 Å². The summed E-state index contributed by atoms with van der Waals surface area (Å²) in [5.74, 6) is 0.802. The van der Waals surface area contributed by atoms with Crippen LogP contribution in [0.1, 0.15) is 74.2 Å². The third-order valence-corrected chi connectivity index (χ3v) is 6.58. The van der Waals surface area contributed by atoms with E-state index in [9.17, 15) is 4.79 Å². The number of benzene rings is 1. The SMILES string of the molecule is CCNC(=NCc1cccc(C(=O)NC)c1)NCC1(N2CCCCC2)CCCCC1.I. The number of nitrogens with zero attached hydrogens (tertiary/aromatic N) is 2. The Morgan fingerprint density at radius 3 is 2.45 bits per heavy atom. The lowest BCUT2D eigenvalue weighted by atomic mass is 9.79. The quantitative estimate of drug-likeness (QED) is 0.278. The second-order valence-corrected chi connectivity index (χ2v) is 8.66. The number of guanidine groups is 1. The van der Waals surface area contributed by atoms with Gasteiger partial charge in [-0.05, 0) is 63.4 Å². The molecule has 0 aromatic heterocycles. The Labute approximate surface area is 205 Å². The Bertz CT molecular complexity index is 712. The Hall–Kier alpha value is -1.35. The maximum atomic E-state index is 11.9. The number of rotatable bonds is 7. The zero-order valence-corrected chi connectivity index (χ0v) is 21.5. The summed E-state index contributed by atoms with van der Waals surface area (Å²) >= 11 is 0. The van der Waals surface area contributed by atoms with E-state index in [4.69, 9.17) is 4.99 Å². The third-order valence-electron chi connectivity index (χ3n) is 6.58. The summed E-state index contributed by atoms with van der Waals surface area (Å²) in [6, 6.07) is 7.70. The van der Waals surface area contributed by atoms with E-state index in [-0.39, 0.29) is 35.4 Å². The van der Waals surface area contributed by atoms with Crippen LogP contribution in [0.2, 0.25) is 0 Å². The van der Waals surface area contributed by atoms with E-state index >= 15 is 0 Å². The average Bonchev–Trinajstić information content (AvgIpc) is 2.81. The lowest BCUT2D eigenvalue weighted by Crippen LogP contribution is -2.59. The number of piperidine rings is 1. The Morgan fingerprint density at radius 2 is 1.77 bits per heavy atom. The molecule has 3 N–H and O–H groups in total. The summed E-state index contributed by atoms with van der Waals surface area (Å²) in [4.78, 5) is 19.5. The van der Waals surface area contributed by atoms with Crippen molar-refractivity contribution in [2.24, 2.45) is 4.99 Å². The molecule has 1 saturated heterocycles. The van der Waals surface area contributed by atoms with Crippen LogP contribution in [0.15, 0.2) is 29.3 Å². The number of carbonyl (C=O) groups excluding carboxylic acids is 1. The molecule has 0 spiro atoms. The van der Waals surface area contributed by atoms with Gasteiger partial charge in [-0.25, -0.2) is 4.99 Å². The van der Waals surface area contributed by atoms with Crippen molar-refractivity contribution < 1.29 is 4.79 Å². The molecule has 1 aromatic rings. The molecule has 3 rings (SSSR count). The molecule has 0 atom stereocenters. The summed E-state index contributed by atoms with van der Waals surface area (Å²) < 4.78 is 0. The standard InChI is InChI=1S/C24H39N5O.HI/c1-3-26-23(27-18-20-11-10-12-21(17-20)22(30)25-2)28-19-24(13-6-4-7-14-24)29-15-8-5-9-16-29;/h10-12,17H,3-9,13-16,18-19H2,1-2H3,(H,25,30)(H2,26,27,28);1H. The first-order chi connectivity index (χ1) is 14.7. The van der Waals surface area contributed by atoms with Crippen molar-refractivity contribution in [1.82, 2.24) is 20.9 Å². The highest BCUT2D eigenvalue weighted by Crippen LogP contribution is 2.35. The Morgan fingerprint density at radius 1 is 1.06 bits per heavy atom. The molecule has 1 aliphatic carbocycles. The number of halogens is 1.